The summed E-state index contributed by atoms with van der Waals surface area (Å²) in [5, 5.41) is 5.68. The van der Waals surface area contributed by atoms with Crippen LogP contribution in [0.15, 0.2) is 0 Å². The lowest BCUT2D eigenvalue weighted by molar-refractivity contribution is -0.123. The molecule has 5 heteroatoms. The molecule has 0 radical (unpaired) electrons. The second-order valence-electron chi connectivity index (χ2n) is 5.45. The molecule has 5 nitrogen and oxygen atoms in total. The van der Waals surface area contributed by atoms with Gasteiger partial charge < -0.3 is 16.4 Å². The van der Waals surface area contributed by atoms with Gasteiger partial charge in [0.1, 0.15) is 0 Å². The summed E-state index contributed by atoms with van der Waals surface area (Å²) in [5.41, 5.74) is 5.61. The molecule has 1 unspecified atom stereocenters. The van der Waals surface area contributed by atoms with Crippen molar-refractivity contribution < 1.29 is 9.59 Å². The minimum Gasteiger partial charge on any atom is -0.356 e. The topological polar surface area (TPSA) is 84.2 Å². The molecule has 18 heavy (non-hydrogen) atoms. The van der Waals surface area contributed by atoms with Crippen LogP contribution in [0.4, 0.5) is 0 Å². The van der Waals surface area contributed by atoms with Crippen LogP contribution in [-0.2, 0) is 9.59 Å². The molecule has 0 heterocycles. The smallest absolute Gasteiger partial charge is 0.222 e. The van der Waals surface area contributed by atoms with Gasteiger partial charge in [-0.05, 0) is 24.7 Å². The SMILES string of the molecule is CC(C)CC(=O)NCCC(=O)NC(CN)C1CC1. The van der Waals surface area contributed by atoms with Crippen molar-refractivity contribution in [2.75, 3.05) is 13.1 Å². The van der Waals surface area contributed by atoms with Crippen LogP contribution in [0, 0.1) is 11.8 Å². The third kappa shape index (κ3) is 6.00. The molecule has 1 rings (SSSR count). The minimum atomic E-state index is -0.0257. The van der Waals surface area contributed by atoms with E-state index in [2.05, 4.69) is 10.6 Å². The van der Waals surface area contributed by atoms with Crippen molar-refractivity contribution in [2.24, 2.45) is 17.6 Å². The average molecular weight is 255 g/mol. The Hall–Kier alpha value is -1.10. The highest BCUT2D eigenvalue weighted by Gasteiger charge is 2.30. The van der Waals surface area contributed by atoms with Crippen LogP contribution in [0.3, 0.4) is 0 Å². The lowest BCUT2D eigenvalue weighted by Gasteiger charge is -2.16. The van der Waals surface area contributed by atoms with Crippen molar-refractivity contribution in [1.82, 2.24) is 10.6 Å². The van der Waals surface area contributed by atoms with Gasteiger partial charge in [0.05, 0.1) is 0 Å². The normalized spacial score (nSPS) is 16.4. The van der Waals surface area contributed by atoms with E-state index in [1.165, 1.54) is 0 Å². The number of nitrogens with one attached hydrogen (secondary N) is 2. The fourth-order valence-electron chi connectivity index (χ4n) is 1.91. The highest BCUT2D eigenvalue weighted by atomic mass is 16.2. The molecule has 0 aromatic heterocycles. The molecule has 1 aliphatic carbocycles. The van der Waals surface area contributed by atoms with E-state index in [9.17, 15) is 9.59 Å². The van der Waals surface area contributed by atoms with Gasteiger partial charge in [0, 0.05) is 32.0 Å². The van der Waals surface area contributed by atoms with Crippen molar-refractivity contribution in [3.63, 3.8) is 0 Å². The van der Waals surface area contributed by atoms with Gasteiger partial charge in [0.15, 0.2) is 0 Å². The van der Waals surface area contributed by atoms with Crippen LogP contribution >= 0.6 is 0 Å². The second-order valence-corrected chi connectivity index (χ2v) is 5.45. The summed E-state index contributed by atoms with van der Waals surface area (Å²) in [6.07, 6.45) is 3.16. The molecule has 1 fully saturated rings. The summed E-state index contributed by atoms with van der Waals surface area (Å²) < 4.78 is 0. The zero-order valence-corrected chi connectivity index (χ0v) is 11.4. The predicted octanol–water partition coefficient (Wildman–Crippen LogP) is 0.392. The van der Waals surface area contributed by atoms with E-state index >= 15 is 0 Å². The standard InChI is InChI=1S/C13H25N3O2/c1-9(2)7-13(18)15-6-5-12(17)16-11(8-14)10-3-4-10/h9-11H,3-8,14H2,1-2H3,(H,15,18)(H,16,17). The lowest BCUT2D eigenvalue weighted by Crippen LogP contribution is -2.42. The predicted molar refractivity (Wildman–Crippen MR) is 70.8 cm³/mol. The van der Waals surface area contributed by atoms with Gasteiger partial charge in [-0.15, -0.1) is 0 Å². The quantitative estimate of drug-likeness (QED) is 0.586. The Morgan fingerprint density at radius 3 is 2.44 bits per heavy atom. The number of hydrogen-bond acceptors (Lipinski definition) is 3. The minimum absolute atomic E-state index is 0.00960. The number of hydrogen-bond donors (Lipinski definition) is 3. The molecule has 4 N–H and O–H groups in total. The highest BCUT2D eigenvalue weighted by molar-refractivity contribution is 5.79. The summed E-state index contributed by atoms with van der Waals surface area (Å²) in [6.45, 7) is 4.89. The van der Waals surface area contributed by atoms with Gasteiger partial charge in [-0.2, -0.15) is 0 Å². The molecule has 1 aliphatic rings. The first-order valence-electron chi connectivity index (χ1n) is 6.79. The number of carbonyl (C=O) groups is 2. The molecule has 2 amide bonds. The number of rotatable bonds is 8. The van der Waals surface area contributed by atoms with Crippen molar-refractivity contribution in [2.45, 2.75) is 45.6 Å². The van der Waals surface area contributed by atoms with Crippen molar-refractivity contribution in [3.05, 3.63) is 0 Å². The van der Waals surface area contributed by atoms with Crippen LogP contribution in [0.5, 0.6) is 0 Å². The van der Waals surface area contributed by atoms with E-state index in [4.69, 9.17) is 5.73 Å². The van der Waals surface area contributed by atoms with Crippen LogP contribution in [-0.4, -0.2) is 30.9 Å². The maximum Gasteiger partial charge on any atom is 0.222 e. The van der Waals surface area contributed by atoms with Crippen molar-refractivity contribution in [3.8, 4) is 0 Å². The third-order valence-corrected chi connectivity index (χ3v) is 3.06. The molecular weight excluding hydrogens is 230 g/mol. The molecule has 104 valence electrons. The van der Waals surface area contributed by atoms with Crippen LogP contribution < -0.4 is 16.4 Å². The fourth-order valence-corrected chi connectivity index (χ4v) is 1.91. The molecule has 0 aliphatic heterocycles. The van der Waals surface area contributed by atoms with Gasteiger partial charge in [0.2, 0.25) is 11.8 Å². The summed E-state index contributed by atoms with van der Waals surface area (Å²) in [5.74, 6) is 0.891. The molecular formula is C13H25N3O2. The molecule has 1 saturated carbocycles. The van der Waals surface area contributed by atoms with E-state index in [1.54, 1.807) is 0 Å². The Morgan fingerprint density at radius 1 is 1.28 bits per heavy atom. The van der Waals surface area contributed by atoms with Crippen LogP contribution in [0.2, 0.25) is 0 Å². The van der Waals surface area contributed by atoms with E-state index in [0.29, 0.717) is 37.8 Å². The zero-order chi connectivity index (χ0) is 13.5. The summed E-state index contributed by atoms with van der Waals surface area (Å²) in [7, 11) is 0. The first-order valence-corrected chi connectivity index (χ1v) is 6.79. The Bertz CT molecular complexity index is 288. The third-order valence-electron chi connectivity index (χ3n) is 3.06. The second kappa shape index (κ2) is 7.36. The summed E-state index contributed by atoms with van der Waals surface area (Å²) >= 11 is 0. The van der Waals surface area contributed by atoms with Crippen LogP contribution in [0.25, 0.3) is 0 Å². The van der Waals surface area contributed by atoms with Gasteiger partial charge in [0.25, 0.3) is 0 Å². The largest absolute Gasteiger partial charge is 0.356 e. The molecule has 0 aromatic carbocycles. The lowest BCUT2D eigenvalue weighted by atomic mass is 10.1. The maximum absolute atomic E-state index is 11.6. The average Bonchev–Trinajstić information content (AvgIpc) is 3.08. The van der Waals surface area contributed by atoms with Crippen molar-refractivity contribution >= 4 is 11.8 Å². The van der Waals surface area contributed by atoms with E-state index in [-0.39, 0.29) is 17.9 Å². The van der Waals surface area contributed by atoms with Gasteiger partial charge >= 0.3 is 0 Å². The Kier molecular flexibility index (Phi) is 6.12. The van der Waals surface area contributed by atoms with E-state index in [0.717, 1.165) is 12.8 Å². The first kappa shape index (κ1) is 15.0. The maximum atomic E-state index is 11.6. The zero-order valence-electron chi connectivity index (χ0n) is 11.4. The molecule has 0 spiro atoms. The Balaban J connectivity index is 2.11. The highest BCUT2D eigenvalue weighted by Crippen LogP contribution is 2.32. The van der Waals surface area contributed by atoms with Gasteiger partial charge in [-0.25, -0.2) is 0 Å². The van der Waals surface area contributed by atoms with Crippen molar-refractivity contribution in [1.29, 1.82) is 0 Å². The monoisotopic (exact) mass is 255 g/mol. The molecule has 1 atom stereocenters. The summed E-state index contributed by atoms with van der Waals surface area (Å²) in [4.78, 5) is 23.0. The number of amides is 2. The number of nitrogens with two attached hydrogens (primary N) is 1. The summed E-state index contributed by atoms with van der Waals surface area (Å²) in [6, 6.07) is 0.115. The fraction of sp³-hybridized carbons (Fsp3) is 0.846. The molecule has 0 bridgehead atoms. The molecule has 0 saturated heterocycles. The van der Waals surface area contributed by atoms with Gasteiger partial charge in [-0.1, -0.05) is 13.8 Å². The first-order chi connectivity index (χ1) is 8.52. The molecule has 0 aromatic rings. The Morgan fingerprint density at radius 2 is 1.94 bits per heavy atom. The van der Waals surface area contributed by atoms with E-state index in [1.807, 2.05) is 13.8 Å². The number of carbonyl (C=O) groups excluding carboxylic acids is 2. The van der Waals surface area contributed by atoms with Gasteiger partial charge in [-0.3, -0.25) is 9.59 Å². The Labute approximate surface area is 109 Å². The van der Waals surface area contributed by atoms with E-state index < -0.39 is 0 Å². The van der Waals surface area contributed by atoms with Crippen LogP contribution in [0.1, 0.15) is 39.5 Å².